The van der Waals surface area contributed by atoms with Crippen LogP contribution < -0.4 is 14.8 Å². The van der Waals surface area contributed by atoms with E-state index in [0.29, 0.717) is 36.8 Å². The summed E-state index contributed by atoms with van der Waals surface area (Å²) in [6.07, 6.45) is 0. The third kappa shape index (κ3) is 8.14. The standard InChI is InChI=1S/C25H32N2O6/c1-5-31-21-13-12-20(14-22(21)32-6-2)25(30)26-15-24(29)33-17-23(28)27(18(3)4)16-19-10-8-7-9-11-19/h7-14,18H,5-6,15-17H2,1-4H3,(H,26,30). The second kappa shape index (κ2) is 13.1. The van der Waals surface area contributed by atoms with Crippen molar-refractivity contribution in [3.63, 3.8) is 0 Å². The van der Waals surface area contributed by atoms with Gasteiger partial charge < -0.3 is 24.4 Å². The van der Waals surface area contributed by atoms with Crippen molar-refractivity contribution in [2.24, 2.45) is 0 Å². The molecule has 178 valence electrons. The summed E-state index contributed by atoms with van der Waals surface area (Å²) < 4.78 is 16.1. The predicted molar refractivity (Wildman–Crippen MR) is 124 cm³/mol. The van der Waals surface area contributed by atoms with Gasteiger partial charge in [-0.1, -0.05) is 30.3 Å². The highest BCUT2D eigenvalue weighted by atomic mass is 16.5. The van der Waals surface area contributed by atoms with Crippen LogP contribution >= 0.6 is 0 Å². The molecule has 0 spiro atoms. The van der Waals surface area contributed by atoms with Crippen LogP contribution in [0.4, 0.5) is 0 Å². The van der Waals surface area contributed by atoms with Crippen molar-refractivity contribution in [2.45, 2.75) is 40.3 Å². The molecule has 0 heterocycles. The minimum Gasteiger partial charge on any atom is -0.490 e. The molecule has 2 aromatic carbocycles. The van der Waals surface area contributed by atoms with E-state index in [9.17, 15) is 14.4 Å². The van der Waals surface area contributed by atoms with Crippen molar-refractivity contribution in [2.75, 3.05) is 26.4 Å². The van der Waals surface area contributed by atoms with Crippen LogP contribution in [0, 0.1) is 0 Å². The lowest BCUT2D eigenvalue weighted by Gasteiger charge is -2.26. The van der Waals surface area contributed by atoms with Crippen LogP contribution in [0.5, 0.6) is 11.5 Å². The number of esters is 1. The molecule has 0 saturated heterocycles. The van der Waals surface area contributed by atoms with Crippen LogP contribution in [-0.2, 0) is 20.9 Å². The van der Waals surface area contributed by atoms with E-state index < -0.39 is 18.5 Å². The lowest BCUT2D eigenvalue weighted by atomic mass is 10.2. The van der Waals surface area contributed by atoms with E-state index in [1.165, 1.54) is 0 Å². The van der Waals surface area contributed by atoms with Crippen LogP contribution in [0.25, 0.3) is 0 Å². The summed E-state index contributed by atoms with van der Waals surface area (Å²) in [7, 11) is 0. The first-order valence-electron chi connectivity index (χ1n) is 11.0. The highest BCUT2D eigenvalue weighted by molar-refractivity contribution is 5.96. The molecule has 8 heteroatoms. The van der Waals surface area contributed by atoms with Crippen molar-refractivity contribution in [1.82, 2.24) is 10.2 Å². The topological polar surface area (TPSA) is 94.2 Å². The summed E-state index contributed by atoms with van der Waals surface area (Å²) in [5, 5.41) is 2.50. The summed E-state index contributed by atoms with van der Waals surface area (Å²) in [5.74, 6) is -0.473. The fourth-order valence-corrected chi connectivity index (χ4v) is 3.06. The van der Waals surface area contributed by atoms with Crippen molar-refractivity contribution in [3.8, 4) is 11.5 Å². The lowest BCUT2D eigenvalue weighted by molar-refractivity contribution is -0.152. The minimum atomic E-state index is -0.698. The van der Waals surface area contributed by atoms with Crippen molar-refractivity contribution < 1.29 is 28.6 Å². The molecule has 0 fully saturated rings. The first-order valence-corrected chi connectivity index (χ1v) is 11.0. The molecule has 33 heavy (non-hydrogen) atoms. The number of rotatable bonds is 12. The van der Waals surface area contributed by atoms with E-state index in [0.717, 1.165) is 5.56 Å². The molecule has 0 atom stereocenters. The summed E-state index contributed by atoms with van der Waals surface area (Å²) in [6.45, 7) is 8.05. The van der Waals surface area contributed by atoms with Crippen molar-refractivity contribution >= 4 is 17.8 Å². The van der Waals surface area contributed by atoms with Gasteiger partial charge >= 0.3 is 5.97 Å². The molecule has 8 nitrogen and oxygen atoms in total. The van der Waals surface area contributed by atoms with Crippen molar-refractivity contribution in [1.29, 1.82) is 0 Å². The van der Waals surface area contributed by atoms with Gasteiger partial charge in [-0.3, -0.25) is 14.4 Å². The van der Waals surface area contributed by atoms with E-state index in [4.69, 9.17) is 14.2 Å². The number of carbonyl (C=O) groups is 3. The van der Waals surface area contributed by atoms with Gasteiger partial charge in [0.05, 0.1) is 13.2 Å². The molecule has 0 aliphatic heterocycles. The number of carbonyl (C=O) groups excluding carboxylic acids is 3. The molecule has 0 radical (unpaired) electrons. The van der Waals surface area contributed by atoms with Crippen LogP contribution in [0.3, 0.4) is 0 Å². The Labute approximate surface area is 194 Å². The zero-order valence-corrected chi connectivity index (χ0v) is 19.6. The van der Waals surface area contributed by atoms with Gasteiger partial charge in [0.2, 0.25) is 0 Å². The van der Waals surface area contributed by atoms with Gasteiger partial charge in [0.25, 0.3) is 11.8 Å². The number of hydrogen-bond donors (Lipinski definition) is 1. The molecule has 2 rings (SSSR count). The van der Waals surface area contributed by atoms with Gasteiger partial charge in [0.1, 0.15) is 6.54 Å². The molecule has 1 N–H and O–H groups in total. The Morgan fingerprint density at radius 1 is 0.939 bits per heavy atom. The quantitative estimate of drug-likeness (QED) is 0.493. The van der Waals surface area contributed by atoms with E-state index in [2.05, 4.69) is 5.32 Å². The number of benzene rings is 2. The molecule has 2 aromatic rings. The van der Waals surface area contributed by atoms with E-state index in [1.807, 2.05) is 58.0 Å². The summed E-state index contributed by atoms with van der Waals surface area (Å²) in [4.78, 5) is 38.7. The first kappa shape index (κ1) is 25.7. The molecule has 0 aliphatic rings. The van der Waals surface area contributed by atoms with Crippen LogP contribution in [0.2, 0.25) is 0 Å². The molecule has 0 unspecified atom stereocenters. The molecule has 2 amide bonds. The Morgan fingerprint density at radius 3 is 2.24 bits per heavy atom. The maximum atomic E-state index is 12.6. The molecule has 0 saturated carbocycles. The second-order valence-corrected chi connectivity index (χ2v) is 7.47. The van der Waals surface area contributed by atoms with Crippen molar-refractivity contribution in [3.05, 3.63) is 59.7 Å². The van der Waals surface area contributed by atoms with Gasteiger partial charge in [-0.2, -0.15) is 0 Å². The second-order valence-electron chi connectivity index (χ2n) is 7.47. The van der Waals surface area contributed by atoms with E-state index >= 15 is 0 Å². The van der Waals surface area contributed by atoms with Crippen LogP contribution in [0.1, 0.15) is 43.6 Å². The maximum absolute atomic E-state index is 12.6. The largest absolute Gasteiger partial charge is 0.490 e. The smallest absolute Gasteiger partial charge is 0.325 e. The summed E-state index contributed by atoms with van der Waals surface area (Å²) in [6, 6.07) is 14.3. The van der Waals surface area contributed by atoms with E-state index in [-0.39, 0.29) is 18.5 Å². The predicted octanol–water partition coefficient (Wildman–Crippen LogP) is 3.19. The molecular weight excluding hydrogens is 424 g/mol. The Morgan fingerprint density at radius 2 is 1.61 bits per heavy atom. The Hall–Kier alpha value is -3.55. The number of hydrogen-bond acceptors (Lipinski definition) is 6. The SMILES string of the molecule is CCOc1ccc(C(=O)NCC(=O)OCC(=O)N(Cc2ccccc2)C(C)C)cc1OCC. The number of nitrogens with zero attached hydrogens (tertiary/aromatic N) is 1. The number of nitrogens with one attached hydrogen (secondary N) is 1. The zero-order chi connectivity index (χ0) is 24.2. The monoisotopic (exact) mass is 456 g/mol. The average molecular weight is 457 g/mol. The normalized spacial score (nSPS) is 10.5. The van der Waals surface area contributed by atoms with Gasteiger partial charge in [-0.15, -0.1) is 0 Å². The fraction of sp³-hybridized carbons (Fsp3) is 0.400. The first-order chi connectivity index (χ1) is 15.8. The average Bonchev–Trinajstić information content (AvgIpc) is 2.81. The molecular formula is C25H32N2O6. The highest BCUT2D eigenvalue weighted by Crippen LogP contribution is 2.28. The highest BCUT2D eigenvalue weighted by Gasteiger charge is 2.19. The van der Waals surface area contributed by atoms with Gasteiger partial charge in [-0.25, -0.2) is 0 Å². The third-order valence-corrected chi connectivity index (χ3v) is 4.69. The van der Waals surface area contributed by atoms with Gasteiger partial charge in [0, 0.05) is 18.2 Å². The summed E-state index contributed by atoms with van der Waals surface area (Å²) >= 11 is 0. The summed E-state index contributed by atoms with van der Waals surface area (Å²) in [5.41, 5.74) is 1.31. The third-order valence-electron chi connectivity index (χ3n) is 4.69. The Balaban J connectivity index is 1.87. The number of amides is 2. The molecule has 0 aromatic heterocycles. The van der Waals surface area contributed by atoms with Gasteiger partial charge in [-0.05, 0) is 51.5 Å². The number of ether oxygens (including phenoxy) is 3. The van der Waals surface area contributed by atoms with E-state index in [1.54, 1.807) is 23.1 Å². The maximum Gasteiger partial charge on any atom is 0.325 e. The minimum absolute atomic E-state index is 0.0599. The van der Waals surface area contributed by atoms with Gasteiger partial charge in [0.15, 0.2) is 18.1 Å². The zero-order valence-electron chi connectivity index (χ0n) is 19.6. The molecule has 0 bridgehead atoms. The fourth-order valence-electron chi connectivity index (χ4n) is 3.06. The lowest BCUT2D eigenvalue weighted by Crippen LogP contribution is -2.40. The molecule has 0 aliphatic carbocycles. The van der Waals surface area contributed by atoms with Crippen LogP contribution in [-0.4, -0.2) is 55.1 Å². The Kier molecular flexibility index (Phi) is 10.2. The van der Waals surface area contributed by atoms with Crippen LogP contribution in [0.15, 0.2) is 48.5 Å². The Bertz CT molecular complexity index is 930.